The van der Waals surface area contributed by atoms with Crippen LogP contribution in [0, 0.1) is 0 Å². The topological polar surface area (TPSA) is 43.1 Å². The molecule has 0 spiro atoms. The molecule has 2 aromatic rings. The smallest absolute Gasteiger partial charge is 0.167 e. The lowest BCUT2D eigenvalue weighted by atomic mass is 9.86. The van der Waals surface area contributed by atoms with Crippen molar-refractivity contribution in [2.45, 2.75) is 38.0 Å². The van der Waals surface area contributed by atoms with Gasteiger partial charge in [-0.15, -0.1) is 0 Å². The third-order valence-electron chi connectivity index (χ3n) is 3.65. The summed E-state index contributed by atoms with van der Waals surface area (Å²) in [5, 5.41) is 5.28. The average Bonchev–Trinajstić information content (AvgIpc) is 2.82. The quantitative estimate of drug-likeness (QED) is 0.737. The number of aromatic nitrogens is 1. The van der Waals surface area contributed by atoms with E-state index < -0.39 is 0 Å². The molecular weight excluding hydrogens is 214 g/mol. The van der Waals surface area contributed by atoms with E-state index in [-0.39, 0.29) is 0 Å². The van der Waals surface area contributed by atoms with Gasteiger partial charge >= 0.3 is 0 Å². The number of hydrogen-bond acceptors (Lipinski definition) is 3. The molecule has 1 aliphatic carbocycles. The summed E-state index contributed by atoms with van der Waals surface area (Å²) in [7, 11) is 0. The first-order valence-corrected chi connectivity index (χ1v) is 6.23. The standard InChI is InChI=1S/C14H15NO2/c16-9-10-6-7-12-13(8-10)17-15-14(12)11-4-2-1-3-5-11/h6-9,11H,1-5H2. The van der Waals surface area contributed by atoms with Gasteiger partial charge in [0, 0.05) is 16.9 Å². The van der Waals surface area contributed by atoms with Gasteiger partial charge in [0.1, 0.15) is 6.29 Å². The van der Waals surface area contributed by atoms with Gasteiger partial charge in [-0.05, 0) is 25.0 Å². The van der Waals surface area contributed by atoms with Crippen LogP contribution < -0.4 is 0 Å². The molecule has 1 saturated carbocycles. The zero-order valence-electron chi connectivity index (χ0n) is 9.69. The number of fused-ring (bicyclic) bond motifs is 1. The Morgan fingerprint density at radius 1 is 1.24 bits per heavy atom. The Hall–Kier alpha value is -1.64. The van der Waals surface area contributed by atoms with E-state index in [0.717, 1.165) is 22.9 Å². The molecule has 1 heterocycles. The van der Waals surface area contributed by atoms with Crippen LogP contribution in [0.3, 0.4) is 0 Å². The summed E-state index contributed by atoms with van der Waals surface area (Å²) in [6.45, 7) is 0. The van der Waals surface area contributed by atoms with Crippen LogP contribution in [-0.2, 0) is 0 Å². The highest BCUT2D eigenvalue weighted by Gasteiger charge is 2.21. The number of rotatable bonds is 2. The van der Waals surface area contributed by atoms with Gasteiger partial charge in [-0.2, -0.15) is 0 Å². The summed E-state index contributed by atoms with van der Waals surface area (Å²) in [6, 6.07) is 5.56. The molecule has 1 aliphatic rings. The molecule has 1 aromatic carbocycles. The van der Waals surface area contributed by atoms with Crippen molar-refractivity contribution in [2.75, 3.05) is 0 Å². The lowest BCUT2D eigenvalue weighted by Crippen LogP contribution is -2.04. The van der Waals surface area contributed by atoms with Gasteiger partial charge in [-0.25, -0.2) is 0 Å². The third-order valence-corrected chi connectivity index (χ3v) is 3.65. The van der Waals surface area contributed by atoms with Crippen LogP contribution >= 0.6 is 0 Å². The molecule has 0 saturated heterocycles. The molecule has 3 nitrogen and oxygen atoms in total. The van der Waals surface area contributed by atoms with Gasteiger partial charge in [-0.3, -0.25) is 4.79 Å². The molecule has 0 atom stereocenters. The van der Waals surface area contributed by atoms with Crippen LogP contribution in [0.1, 0.15) is 54.1 Å². The van der Waals surface area contributed by atoms with Gasteiger partial charge < -0.3 is 4.52 Å². The van der Waals surface area contributed by atoms with Gasteiger partial charge in [0.15, 0.2) is 5.58 Å². The molecule has 3 heteroatoms. The van der Waals surface area contributed by atoms with Crippen molar-refractivity contribution < 1.29 is 9.32 Å². The summed E-state index contributed by atoms with van der Waals surface area (Å²) >= 11 is 0. The Bertz CT molecular complexity index is 538. The van der Waals surface area contributed by atoms with E-state index in [4.69, 9.17) is 4.52 Å². The minimum absolute atomic E-state index is 0.534. The maximum atomic E-state index is 10.7. The SMILES string of the molecule is O=Cc1ccc2c(C3CCCCC3)noc2c1. The zero-order valence-corrected chi connectivity index (χ0v) is 9.69. The molecule has 1 aromatic heterocycles. The van der Waals surface area contributed by atoms with Crippen molar-refractivity contribution in [2.24, 2.45) is 0 Å². The summed E-state index contributed by atoms with van der Waals surface area (Å²) < 4.78 is 5.34. The Balaban J connectivity index is 2.02. The summed E-state index contributed by atoms with van der Waals surface area (Å²) in [6.07, 6.45) is 7.15. The Morgan fingerprint density at radius 3 is 2.82 bits per heavy atom. The molecule has 0 radical (unpaired) electrons. The minimum Gasteiger partial charge on any atom is -0.356 e. The fraction of sp³-hybridized carbons (Fsp3) is 0.429. The second-order valence-electron chi connectivity index (χ2n) is 4.78. The second kappa shape index (κ2) is 4.32. The van der Waals surface area contributed by atoms with E-state index in [1.54, 1.807) is 6.07 Å². The molecule has 17 heavy (non-hydrogen) atoms. The first-order valence-electron chi connectivity index (χ1n) is 6.23. The van der Waals surface area contributed by atoms with E-state index in [1.165, 1.54) is 32.1 Å². The van der Waals surface area contributed by atoms with Crippen molar-refractivity contribution in [3.63, 3.8) is 0 Å². The van der Waals surface area contributed by atoms with E-state index >= 15 is 0 Å². The molecule has 3 rings (SSSR count). The zero-order chi connectivity index (χ0) is 11.7. The van der Waals surface area contributed by atoms with Gasteiger partial charge in [-0.1, -0.05) is 30.5 Å². The number of nitrogens with zero attached hydrogens (tertiary/aromatic N) is 1. The average molecular weight is 229 g/mol. The number of benzene rings is 1. The van der Waals surface area contributed by atoms with Crippen molar-refractivity contribution in [3.8, 4) is 0 Å². The lowest BCUT2D eigenvalue weighted by molar-refractivity contribution is 0.112. The van der Waals surface area contributed by atoms with Gasteiger partial charge in [0.2, 0.25) is 0 Å². The third kappa shape index (κ3) is 1.86. The lowest BCUT2D eigenvalue weighted by Gasteiger charge is -2.19. The molecular formula is C14H15NO2. The molecule has 0 amide bonds. The largest absolute Gasteiger partial charge is 0.356 e. The Morgan fingerprint density at radius 2 is 2.06 bits per heavy atom. The van der Waals surface area contributed by atoms with E-state index in [2.05, 4.69) is 5.16 Å². The van der Waals surface area contributed by atoms with E-state index in [1.807, 2.05) is 12.1 Å². The van der Waals surface area contributed by atoms with Crippen LogP contribution in [0.2, 0.25) is 0 Å². The second-order valence-corrected chi connectivity index (χ2v) is 4.78. The van der Waals surface area contributed by atoms with Crippen molar-refractivity contribution >= 4 is 17.3 Å². The minimum atomic E-state index is 0.534. The highest BCUT2D eigenvalue weighted by molar-refractivity contribution is 5.87. The van der Waals surface area contributed by atoms with E-state index in [0.29, 0.717) is 11.5 Å². The van der Waals surface area contributed by atoms with Crippen molar-refractivity contribution in [1.29, 1.82) is 0 Å². The fourth-order valence-corrected chi connectivity index (χ4v) is 2.72. The number of aldehydes is 1. The molecule has 0 bridgehead atoms. The molecule has 88 valence electrons. The predicted octanol–water partition coefficient (Wildman–Crippen LogP) is 3.69. The first-order chi connectivity index (χ1) is 8.38. The Kier molecular flexibility index (Phi) is 2.67. The first kappa shape index (κ1) is 10.5. The summed E-state index contributed by atoms with van der Waals surface area (Å²) in [5.41, 5.74) is 2.45. The number of carbonyl (C=O) groups excluding carboxylic acids is 1. The maximum Gasteiger partial charge on any atom is 0.167 e. The van der Waals surface area contributed by atoms with Crippen LogP contribution in [0.15, 0.2) is 22.7 Å². The van der Waals surface area contributed by atoms with Crippen molar-refractivity contribution in [3.05, 3.63) is 29.5 Å². The molecule has 0 aliphatic heterocycles. The fourth-order valence-electron chi connectivity index (χ4n) is 2.72. The highest BCUT2D eigenvalue weighted by atomic mass is 16.5. The summed E-state index contributed by atoms with van der Waals surface area (Å²) in [4.78, 5) is 10.7. The monoisotopic (exact) mass is 229 g/mol. The van der Waals surface area contributed by atoms with E-state index in [9.17, 15) is 4.79 Å². The molecule has 0 N–H and O–H groups in total. The van der Waals surface area contributed by atoms with Crippen LogP contribution in [-0.4, -0.2) is 11.4 Å². The van der Waals surface area contributed by atoms with Crippen molar-refractivity contribution in [1.82, 2.24) is 5.16 Å². The normalized spacial score (nSPS) is 17.4. The Labute approximate surface area is 99.8 Å². The van der Waals surface area contributed by atoms with Crippen LogP contribution in [0.25, 0.3) is 11.0 Å². The number of carbonyl (C=O) groups is 1. The maximum absolute atomic E-state index is 10.7. The molecule has 0 unspecified atom stereocenters. The summed E-state index contributed by atoms with van der Waals surface area (Å²) in [5.74, 6) is 0.534. The molecule has 1 fully saturated rings. The number of hydrogen-bond donors (Lipinski definition) is 0. The van der Waals surface area contributed by atoms with Crippen LogP contribution in [0.4, 0.5) is 0 Å². The van der Waals surface area contributed by atoms with Gasteiger partial charge in [0.05, 0.1) is 5.69 Å². The predicted molar refractivity (Wildman–Crippen MR) is 65.2 cm³/mol. The van der Waals surface area contributed by atoms with Crippen LogP contribution in [0.5, 0.6) is 0 Å². The van der Waals surface area contributed by atoms with Gasteiger partial charge in [0.25, 0.3) is 0 Å². The highest BCUT2D eigenvalue weighted by Crippen LogP contribution is 2.35.